The summed E-state index contributed by atoms with van der Waals surface area (Å²) in [4.78, 5) is 0. The molecule has 0 bridgehead atoms. The molecule has 0 amide bonds. The molecule has 0 spiro atoms. The lowest BCUT2D eigenvalue weighted by molar-refractivity contribution is 0.416. The first-order valence-electron chi connectivity index (χ1n) is 7.00. The Hall–Kier alpha value is -0.980. The molecule has 1 aliphatic rings. The first kappa shape index (κ1) is 14.4. The molecule has 0 aliphatic heterocycles. The molecular formula is C16H22N2S. The summed E-state index contributed by atoms with van der Waals surface area (Å²) in [6.45, 7) is 5.11. The molecule has 3 heteroatoms. The van der Waals surface area contributed by atoms with E-state index in [0.717, 1.165) is 18.1 Å². The second kappa shape index (κ2) is 6.45. The van der Waals surface area contributed by atoms with Gasteiger partial charge in [-0.1, -0.05) is 31.2 Å². The number of aryl methyl sites for hydroxylation is 1. The van der Waals surface area contributed by atoms with Gasteiger partial charge in [0.2, 0.25) is 0 Å². The van der Waals surface area contributed by atoms with Crippen LogP contribution in [0.3, 0.4) is 0 Å². The van der Waals surface area contributed by atoms with Crippen molar-refractivity contribution in [2.45, 2.75) is 38.0 Å². The normalized spacial score (nSPS) is 17.7. The molecule has 1 aromatic carbocycles. The van der Waals surface area contributed by atoms with Gasteiger partial charge >= 0.3 is 0 Å². The highest BCUT2D eigenvalue weighted by molar-refractivity contribution is 7.98. The number of nitrogens with zero attached hydrogens (tertiary/aromatic N) is 1. The molecule has 0 heterocycles. The Bertz CT molecular complexity index is 462. The quantitative estimate of drug-likeness (QED) is 0.826. The van der Waals surface area contributed by atoms with E-state index in [2.05, 4.69) is 49.5 Å². The van der Waals surface area contributed by atoms with Crippen molar-refractivity contribution >= 4 is 11.8 Å². The zero-order chi connectivity index (χ0) is 13.7. The zero-order valence-electron chi connectivity index (χ0n) is 11.8. The predicted molar refractivity (Wildman–Crippen MR) is 82.1 cm³/mol. The second-order valence-corrected chi connectivity index (χ2v) is 6.29. The molecule has 1 aliphatic carbocycles. The van der Waals surface area contributed by atoms with Gasteiger partial charge in [0, 0.05) is 11.5 Å². The van der Waals surface area contributed by atoms with Crippen molar-refractivity contribution in [1.82, 2.24) is 5.32 Å². The highest BCUT2D eigenvalue weighted by atomic mass is 32.2. The SMILES string of the molecule is CCNC(C#N)(CSCc1ccccc1C)C1CC1. The summed E-state index contributed by atoms with van der Waals surface area (Å²) in [7, 11) is 0. The maximum atomic E-state index is 9.54. The first-order chi connectivity index (χ1) is 9.22. The van der Waals surface area contributed by atoms with Gasteiger partial charge < -0.3 is 0 Å². The van der Waals surface area contributed by atoms with E-state index in [0.29, 0.717) is 5.92 Å². The monoisotopic (exact) mass is 274 g/mol. The zero-order valence-corrected chi connectivity index (χ0v) is 12.6. The Labute approximate surface area is 120 Å². The largest absolute Gasteiger partial charge is 0.299 e. The lowest BCUT2D eigenvalue weighted by atomic mass is 9.98. The van der Waals surface area contributed by atoms with Crippen LogP contribution in [-0.2, 0) is 5.75 Å². The third-order valence-corrected chi connectivity index (χ3v) is 4.99. The van der Waals surface area contributed by atoms with Crippen molar-refractivity contribution in [3.63, 3.8) is 0 Å². The lowest BCUT2D eigenvalue weighted by Crippen LogP contribution is -2.48. The van der Waals surface area contributed by atoms with E-state index in [4.69, 9.17) is 0 Å². The first-order valence-corrected chi connectivity index (χ1v) is 8.16. The topological polar surface area (TPSA) is 35.8 Å². The van der Waals surface area contributed by atoms with Crippen molar-refractivity contribution in [3.05, 3.63) is 35.4 Å². The van der Waals surface area contributed by atoms with Gasteiger partial charge in [0.1, 0.15) is 5.54 Å². The van der Waals surface area contributed by atoms with Crippen LogP contribution in [0.2, 0.25) is 0 Å². The predicted octanol–water partition coefficient (Wildman–Crippen LogP) is 3.51. The maximum Gasteiger partial charge on any atom is 0.118 e. The molecule has 102 valence electrons. The van der Waals surface area contributed by atoms with Crippen molar-refractivity contribution in [2.75, 3.05) is 12.3 Å². The molecule has 1 unspecified atom stereocenters. The van der Waals surface area contributed by atoms with Crippen LogP contribution in [0.5, 0.6) is 0 Å². The van der Waals surface area contributed by atoms with E-state index in [1.165, 1.54) is 24.0 Å². The molecule has 1 saturated carbocycles. The number of hydrogen-bond donors (Lipinski definition) is 1. The number of nitriles is 1. The van der Waals surface area contributed by atoms with Gasteiger partial charge in [0.15, 0.2) is 0 Å². The standard InChI is InChI=1S/C16H22N2S/c1-3-18-16(11-17,15-8-9-15)12-19-10-14-7-5-4-6-13(14)2/h4-7,15,18H,3,8-10,12H2,1-2H3. The summed E-state index contributed by atoms with van der Waals surface area (Å²) in [6, 6.07) is 11.0. The average Bonchev–Trinajstić information content (AvgIpc) is 3.25. The van der Waals surface area contributed by atoms with E-state index in [1.54, 1.807) is 0 Å². The van der Waals surface area contributed by atoms with Crippen LogP contribution in [0.25, 0.3) is 0 Å². The van der Waals surface area contributed by atoms with Gasteiger partial charge in [0.05, 0.1) is 6.07 Å². The Morgan fingerprint density at radius 2 is 2.16 bits per heavy atom. The Morgan fingerprint density at radius 3 is 2.74 bits per heavy atom. The number of benzene rings is 1. The van der Waals surface area contributed by atoms with E-state index < -0.39 is 0 Å². The molecule has 0 aromatic heterocycles. The van der Waals surface area contributed by atoms with Crippen LogP contribution in [-0.4, -0.2) is 17.8 Å². The van der Waals surface area contributed by atoms with Crippen molar-refractivity contribution in [2.24, 2.45) is 5.92 Å². The van der Waals surface area contributed by atoms with Gasteiger partial charge in [-0.3, -0.25) is 5.32 Å². The molecule has 2 nitrogen and oxygen atoms in total. The van der Waals surface area contributed by atoms with Gasteiger partial charge in [-0.25, -0.2) is 0 Å². The summed E-state index contributed by atoms with van der Waals surface area (Å²) in [6.07, 6.45) is 2.40. The van der Waals surface area contributed by atoms with Crippen LogP contribution in [0.4, 0.5) is 0 Å². The van der Waals surface area contributed by atoms with Gasteiger partial charge in [-0.15, -0.1) is 0 Å². The van der Waals surface area contributed by atoms with Crippen LogP contribution in [0.15, 0.2) is 24.3 Å². The van der Waals surface area contributed by atoms with Crippen LogP contribution >= 0.6 is 11.8 Å². The van der Waals surface area contributed by atoms with Crippen LogP contribution in [0.1, 0.15) is 30.9 Å². The molecule has 0 radical (unpaired) electrons. The Morgan fingerprint density at radius 1 is 1.42 bits per heavy atom. The van der Waals surface area contributed by atoms with E-state index in [9.17, 15) is 5.26 Å². The van der Waals surface area contributed by atoms with Crippen molar-refractivity contribution < 1.29 is 0 Å². The fraction of sp³-hybridized carbons (Fsp3) is 0.562. The van der Waals surface area contributed by atoms with Gasteiger partial charge in [-0.05, 0) is 43.4 Å². The summed E-state index contributed by atoms with van der Waals surface area (Å²) in [5.74, 6) is 2.44. The number of hydrogen-bond acceptors (Lipinski definition) is 3. The van der Waals surface area contributed by atoms with Crippen molar-refractivity contribution in [1.29, 1.82) is 5.26 Å². The Balaban J connectivity index is 1.93. The highest BCUT2D eigenvalue weighted by Crippen LogP contribution is 2.41. The molecule has 1 fully saturated rings. The smallest absolute Gasteiger partial charge is 0.118 e. The fourth-order valence-electron chi connectivity index (χ4n) is 2.46. The second-order valence-electron chi connectivity index (χ2n) is 5.31. The van der Waals surface area contributed by atoms with Gasteiger partial charge in [-0.2, -0.15) is 17.0 Å². The van der Waals surface area contributed by atoms with Crippen LogP contribution < -0.4 is 5.32 Å². The highest BCUT2D eigenvalue weighted by Gasteiger charge is 2.44. The van der Waals surface area contributed by atoms with Crippen LogP contribution in [0, 0.1) is 24.2 Å². The number of rotatable bonds is 7. The van der Waals surface area contributed by atoms with Gasteiger partial charge in [0.25, 0.3) is 0 Å². The molecule has 1 atom stereocenters. The molecule has 1 N–H and O–H groups in total. The third kappa shape index (κ3) is 3.52. The minimum absolute atomic E-state index is 0.303. The third-order valence-electron chi connectivity index (χ3n) is 3.81. The lowest BCUT2D eigenvalue weighted by Gasteiger charge is -2.27. The summed E-state index contributed by atoms with van der Waals surface area (Å²) in [5.41, 5.74) is 2.42. The number of nitrogens with one attached hydrogen (secondary N) is 1. The molecule has 0 saturated heterocycles. The fourth-order valence-corrected chi connectivity index (χ4v) is 3.83. The van der Waals surface area contributed by atoms with E-state index in [-0.39, 0.29) is 5.54 Å². The minimum atomic E-state index is -0.303. The van der Waals surface area contributed by atoms with E-state index in [1.807, 2.05) is 11.8 Å². The molecule has 1 aromatic rings. The summed E-state index contributed by atoms with van der Waals surface area (Å²) >= 11 is 1.88. The Kier molecular flexibility index (Phi) is 4.90. The number of thioether (sulfide) groups is 1. The van der Waals surface area contributed by atoms with E-state index >= 15 is 0 Å². The van der Waals surface area contributed by atoms with Crippen molar-refractivity contribution in [3.8, 4) is 6.07 Å². The summed E-state index contributed by atoms with van der Waals surface area (Å²) in [5, 5.41) is 13.0. The molecule has 19 heavy (non-hydrogen) atoms. The average molecular weight is 274 g/mol. The molecule has 2 rings (SSSR count). The molecular weight excluding hydrogens is 252 g/mol. The minimum Gasteiger partial charge on any atom is -0.299 e. The maximum absolute atomic E-state index is 9.54. The summed E-state index contributed by atoms with van der Waals surface area (Å²) < 4.78 is 0.